The zero-order valence-corrected chi connectivity index (χ0v) is 13.1. The number of nitrogens with two attached hydrogens (primary N) is 1. The number of amidine groups is 1. The molecule has 1 aliphatic rings. The van der Waals surface area contributed by atoms with Crippen molar-refractivity contribution < 1.29 is 9.94 Å². The van der Waals surface area contributed by atoms with Gasteiger partial charge in [0.1, 0.15) is 5.75 Å². The predicted molar refractivity (Wildman–Crippen MR) is 82.4 cm³/mol. The van der Waals surface area contributed by atoms with Crippen LogP contribution >= 0.6 is 15.9 Å². The Balaban J connectivity index is 2.00. The van der Waals surface area contributed by atoms with Crippen molar-refractivity contribution in [3.63, 3.8) is 0 Å². The van der Waals surface area contributed by atoms with Crippen LogP contribution < -0.4 is 10.5 Å². The average molecular weight is 342 g/mol. The monoisotopic (exact) mass is 341 g/mol. The summed E-state index contributed by atoms with van der Waals surface area (Å²) in [5.74, 6) is 0.681. The minimum absolute atomic E-state index is 0.0467. The number of hydrogen-bond donors (Lipinski definition) is 2. The van der Waals surface area contributed by atoms with Gasteiger partial charge in [-0.05, 0) is 60.9 Å². The van der Waals surface area contributed by atoms with E-state index in [1.165, 1.54) is 12.8 Å². The normalized spacial score (nSPS) is 20.3. The van der Waals surface area contributed by atoms with E-state index in [1.807, 2.05) is 18.2 Å². The van der Waals surface area contributed by atoms with Crippen molar-refractivity contribution in [2.45, 2.75) is 25.3 Å². The van der Waals surface area contributed by atoms with Gasteiger partial charge in [-0.25, -0.2) is 0 Å². The average Bonchev–Trinajstić information content (AvgIpc) is 2.84. The summed E-state index contributed by atoms with van der Waals surface area (Å²) in [6, 6.07) is 6.13. The van der Waals surface area contributed by atoms with E-state index in [0.29, 0.717) is 24.0 Å². The van der Waals surface area contributed by atoms with Crippen LogP contribution in [0.5, 0.6) is 5.75 Å². The van der Waals surface area contributed by atoms with E-state index in [-0.39, 0.29) is 5.84 Å². The van der Waals surface area contributed by atoms with Gasteiger partial charge in [0.05, 0.1) is 12.2 Å². The van der Waals surface area contributed by atoms with Gasteiger partial charge in [0.25, 0.3) is 0 Å². The molecule has 110 valence electrons. The fraction of sp³-hybridized carbons (Fsp3) is 0.500. The molecule has 3 N–H and O–H groups in total. The standard InChI is InChI=1S/C14H20BrN3O2/c1-18-8-3-4-10(18)7-9-20-12-6-2-5-11(15)13(12)14(16)17-19/h2,5-6,10,19H,3-4,7-9H2,1H3,(H2,16,17). The topological polar surface area (TPSA) is 71.1 Å². The second-order valence-electron chi connectivity index (χ2n) is 5.01. The molecular weight excluding hydrogens is 322 g/mol. The molecular formula is C14H20BrN3O2. The first-order valence-electron chi connectivity index (χ1n) is 6.73. The third kappa shape index (κ3) is 3.43. The van der Waals surface area contributed by atoms with Crippen molar-refractivity contribution in [1.82, 2.24) is 4.90 Å². The van der Waals surface area contributed by atoms with Gasteiger partial charge in [-0.2, -0.15) is 0 Å². The van der Waals surface area contributed by atoms with Crippen LogP contribution in [0, 0.1) is 0 Å². The molecule has 1 atom stereocenters. The first-order valence-corrected chi connectivity index (χ1v) is 7.52. The number of halogens is 1. The van der Waals surface area contributed by atoms with Crippen molar-refractivity contribution in [3.8, 4) is 5.75 Å². The predicted octanol–water partition coefficient (Wildman–Crippen LogP) is 2.41. The number of likely N-dealkylation sites (tertiary alicyclic amines) is 1. The Morgan fingerprint density at radius 3 is 3.05 bits per heavy atom. The fourth-order valence-electron chi connectivity index (χ4n) is 2.57. The molecule has 2 rings (SSSR count). The van der Waals surface area contributed by atoms with Gasteiger partial charge in [-0.3, -0.25) is 0 Å². The summed E-state index contributed by atoms with van der Waals surface area (Å²) in [5.41, 5.74) is 6.29. The summed E-state index contributed by atoms with van der Waals surface area (Å²) in [6.45, 7) is 1.79. The van der Waals surface area contributed by atoms with E-state index in [1.54, 1.807) is 0 Å². The Morgan fingerprint density at radius 1 is 1.60 bits per heavy atom. The lowest BCUT2D eigenvalue weighted by Crippen LogP contribution is -2.26. The molecule has 0 aliphatic carbocycles. The lowest BCUT2D eigenvalue weighted by atomic mass is 10.1. The van der Waals surface area contributed by atoms with E-state index >= 15 is 0 Å². The Bertz CT molecular complexity index is 493. The number of rotatable bonds is 5. The van der Waals surface area contributed by atoms with E-state index < -0.39 is 0 Å². The van der Waals surface area contributed by atoms with Gasteiger partial charge in [0, 0.05) is 10.5 Å². The van der Waals surface area contributed by atoms with Crippen LogP contribution in [0.2, 0.25) is 0 Å². The van der Waals surface area contributed by atoms with Gasteiger partial charge in [0.15, 0.2) is 5.84 Å². The first kappa shape index (κ1) is 15.1. The summed E-state index contributed by atoms with van der Waals surface area (Å²) in [6.07, 6.45) is 3.47. The second-order valence-corrected chi connectivity index (χ2v) is 5.87. The van der Waals surface area contributed by atoms with Gasteiger partial charge in [-0.15, -0.1) is 0 Å². The number of nitrogens with zero attached hydrogens (tertiary/aromatic N) is 2. The molecule has 0 saturated carbocycles. The summed E-state index contributed by atoms with van der Waals surface area (Å²) < 4.78 is 6.58. The van der Waals surface area contributed by atoms with Gasteiger partial charge in [0.2, 0.25) is 0 Å². The van der Waals surface area contributed by atoms with Crippen molar-refractivity contribution in [3.05, 3.63) is 28.2 Å². The molecule has 0 spiro atoms. The van der Waals surface area contributed by atoms with Crippen LogP contribution in [0.25, 0.3) is 0 Å². The summed E-state index contributed by atoms with van der Waals surface area (Å²) in [4.78, 5) is 2.37. The molecule has 1 unspecified atom stereocenters. The van der Waals surface area contributed by atoms with Gasteiger partial charge in [-0.1, -0.05) is 11.2 Å². The summed E-state index contributed by atoms with van der Waals surface area (Å²) in [7, 11) is 2.15. The van der Waals surface area contributed by atoms with Crippen molar-refractivity contribution in [2.24, 2.45) is 10.9 Å². The Hall–Kier alpha value is -1.27. The Kier molecular flexibility index (Phi) is 5.25. The molecule has 0 aromatic heterocycles. The van der Waals surface area contributed by atoms with Crippen LogP contribution in [-0.2, 0) is 0 Å². The molecule has 1 aliphatic heterocycles. The highest BCUT2D eigenvalue weighted by Gasteiger charge is 2.21. The van der Waals surface area contributed by atoms with Gasteiger partial charge < -0.3 is 20.6 Å². The molecule has 1 saturated heterocycles. The molecule has 0 amide bonds. The molecule has 1 heterocycles. The number of ether oxygens (including phenoxy) is 1. The molecule has 20 heavy (non-hydrogen) atoms. The quantitative estimate of drug-likeness (QED) is 0.373. The molecule has 0 bridgehead atoms. The number of hydrogen-bond acceptors (Lipinski definition) is 4. The lowest BCUT2D eigenvalue weighted by Gasteiger charge is -2.20. The van der Waals surface area contributed by atoms with E-state index in [4.69, 9.17) is 15.7 Å². The minimum atomic E-state index is 0.0467. The van der Waals surface area contributed by atoms with E-state index in [0.717, 1.165) is 17.4 Å². The highest BCUT2D eigenvalue weighted by atomic mass is 79.9. The largest absolute Gasteiger partial charge is 0.493 e. The highest BCUT2D eigenvalue weighted by molar-refractivity contribution is 9.10. The lowest BCUT2D eigenvalue weighted by molar-refractivity contribution is 0.233. The fourth-order valence-corrected chi connectivity index (χ4v) is 3.12. The van der Waals surface area contributed by atoms with Gasteiger partial charge >= 0.3 is 0 Å². The molecule has 0 radical (unpaired) electrons. The first-order chi connectivity index (χ1) is 9.63. The van der Waals surface area contributed by atoms with Crippen LogP contribution in [-0.4, -0.2) is 42.2 Å². The summed E-state index contributed by atoms with van der Waals surface area (Å²) in [5, 5.41) is 11.9. The molecule has 1 aromatic carbocycles. The minimum Gasteiger partial charge on any atom is -0.493 e. The van der Waals surface area contributed by atoms with Crippen LogP contribution in [0.1, 0.15) is 24.8 Å². The van der Waals surface area contributed by atoms with Crippen LogP contribution in [0.3, 0.4) is 0 Å². The molecule has 6 heteroatoms. The maximum atomic E-state index is 8.85. The Labute approximate surface area is 127 Å². The molecule has 5 nitrogen and oxygen atoms in total. The SMILES string of the molecule is CN1CCCC1CCOc1cccc(Br)c1/C(N)=N/O. The smallest absolute Gasteiger partial charge is 0.174 e. The van der Waals surface area contributed by atoms with Crippen molar-refractivity contribution in [1.29, 1.82) is 0 Å². The highest BCUT2D eigenvalue weighted by Crippen LogP contribution is 2.27. The third-order valence-electron chi connectivity index (χ3n) is 3.72. The molecule has 1 aromatic rings. The van der Waals surface area contributed by atoms with Crippen molar-refractivity contribution in [2.75, 3.05) is 20.2 Å². The van der Waals surface area contributed by atoms with Crippen molar-refractivity contribution >= 4 is 21.8 Å². The maximum Gasteiger partial charge on any atom is 0.174 e. The van der Waals surface area contributed by atoms with E-state index in [9.17, 15) is 0 Å². The van der Waals surface area contributed by atoms with Crippen LogP contribution in [0.4, 0.5) is 0 Å². The molecule has 1 fully saturated rings. The zero-order chi connectivity index (χ0) is 14.5. The number of benzene rings is 1. The van der Waals surface area contributed by atoms with E-state index in [2.05, 4.69) is 33.0 Å². The number of oxime groups is 1. The van der Waals surface area contributed by atoms with Crippen LogP contribution in [0.15, 0.2) is 27.8 Å². The maximum absolute atomic E-state index is 8.85. The third-order valence-corrected chi connectivity index (χ3v) is 4.38. The Morgan fingerprint density at radius 2 is 2.40 bits per heavy atom. The second kappa shape index (κ2) is 6.95. The summed E-state index contributed by atoms with van der Waals surface area (Å²) >= 11 is 3.40. The zero-order valence-electron chi connectivity index (χ0n) is 11.6.